The van der Waals surface area contributed by atoms with Crippen LogP contribution in [0.25, 0.3) is 10.9 Å². The highest BCUT2D eigenvalue weighted by Crippen LogP contribution is 2.43. The van der Waals surface area contributed by atoms with Gasteiger partial charge in [0.1, 0.15) is 11.9 Å². The number of carbonyl (C=O) groups is 2. The lowest BCUT2D eigenvalue weighted by Crippen LogP contribution is -2.63. The number of carbonyl (C=O) groups excluding carboxylic acids is 2. The zero-order valence-electron chi connectivity index (χ0n) is 19.8. The highest BCUT2D eigenvalue weighted by atomic mass is 19.1. The number of aromatic nitrogens is 1. The molecule has 1 saturated heterocycles. The van der Waals surface area contributed by atoms with Crippen LogP contribution in [0.4, 0.5) is 10.1 Å². The Kier molecular flexibility index (Phi) is 5.48. The van der Waals surface area contributed by atoms with Gasteiger partial charge in [-0.05, 0) is 41.3 Å². The first-order valence-corrected chi connectivity index (χ1v) is 12.1. The van der Waals surface area contributed by atoms with E-state index in [1.165, 1.54) is 24.3 Å². The van der Waals surface area contributed by atoms with E-state index in [1.807, 2.05) is 24.3 Å². The van der Waals surface area contributed by atoms with Gasteiger partial charge in [0.05, 0.1) is 17.5 Å². The Morgan fingerprint density at radius 1 is 1.03 bits per heavy atom. The number of nitrogens with zero attached hydrogens (tertiary/aromatic N) is 3. The van der Waals surface area contributed by atoms with Crippen molar-refractivity contribution in [2.45, 2.75) is 24.9 Å². The molecule has 0 spiro atoms. The molecule has 2 amide bonds. The van der Waals surface area contributed by atoms with E-state index in [0.717, 1.165) is 27.7 Å². The normalized spacial score (nSPS) is 19.2. The molecule has 2 atom stereocenters. The van der Waals surface area contributed by atoms with E-state index in [4.69, 9.17) is 0 Å². The molecule has 8 nitrogen and oxygen atoms in total. The van der Waals surface area contributed by atoms with Crippen molar-refractivity contribution in [1.29, 1.82) is 0 Å². The Hall–Kier alpha value is -4.53. The van der Waals surface area contributed by atoms with Gasteiger partial charge in [0.25, 0.3) is 5.69 Å². The first-order chi connectivity index (χ1) is 17.9. The van der Waals surface area contributed by atoms with Gasteiger partial charge in [-0.3, -0.25) is 19.7 Å². The fourth-order valence-corrected chi connectivity index (χ4v) is 5.58. The SMILES string of the molecule is O=C1[C@H]2Cc3c([nH]c4ccccc34)[C@H](c3cccc([N+](=O)[O-])c3)N2C(=O)CN1CCc1ccc(F)cc1. The van der Waals surface area contributed by atoms with Gasteiger partial charge >= 0.3 is 0 Å². The summed E-state index contributed by atoms with van der Waals surface area (Å²) in [5.74, 6) is -0.704. The molecule has 1 N–H and O–H groups in total. The molecule has 0 bridgehead atoms. The summed E-state index contributed by atoms with van der Waals surface area (Å²) in [4.78, 5) is 45.0. The second-order valence-corrected chi connectivity index (χ2v) is 9.47. The summed E-state index contributed by atoms with van der Waals surface area (Å²) in [6, 6.07) is 18.7. The molecule has 186 valence electrons. The van der Waals surface area contributed by atoms with E-state index in [-0.39, 0.29) is 29.9 Å². The molecule has 0 saturated carbocycles. The maximum absolute atomic E-state index is 13.8. The number of hydrogen-bond acceptors (Lipinski definition) is 4. The predicted octanol–water partition coefficient (Wildman–Crippen LogP) is 4.14. The second-order valence-electron chi connectivity index (χ2n) is 9.47. The molecule has 0 unspecified atom stereocenters. The monoisotopic (exact) mass is 498 g/mol. The van der Waals surface area contributed by atoms with Crippen molar-refractivity contribution >= 4 is 28.4 Å². The van der Waals surface area contributed by atoms with E-state index >= 15 is 0 Å². The average Bonchev–Trinajstić information content (AvgIpc) is 3.28. The number of para-hydroxylation sites is 1. The lowest BCUT2D eigenvalue weighted by Gasteiger charge is -2.47. The molecule has 3 heterocycles. The van der Waals surface area contributed by atoms with Crippen LogP contribution in [0, 0.1) is 15.9 Å². The van der Waals surface area contributed by atoms with Crippen LogP contribution in [-0.2, 0) is 22.4 Å². The number of non-ortho nitro benzene ring substituents is 1. The molecular weight excluding hydrogens is 475 g/mol. The topological polar surface area (TPSA) is 99.5 Å². The third kappa shape index (κ3) is 3.92. The zero-order valence-corrected chi connectivity index (χ0v) is 19.8. The van der Waals surface area contributed by atoms with Crippen molar-refractivity contribution in [2.75, 3.05) is 13.1 Å². The summed E-state index contributed by atoms with van der Waals surface area (Å²) in [6.07, 6.45) is 0.848. The van der Waals surface area contributed by atoms with Crippen LogP contribution >= 0.6 is 0 Å². The van der Waals surface area contributed by atoms with E-state index in [0.29, 0.717) is 24.9 Å². The van der Waals surface area contributed by atoms with Crippen molar-refractivity contribution in [2.24, 2.45) is 0 Å². The summed E-state index contributed by atoms with van der Waals surface area (Å²) in [7, 11) is 0. The van der Waals surface area contributed by atoms with Gasteiger partial charge in [-0.25, -0.2) is 4.39 Å². The molecule has 1 aromatic heterocycles. The minimum absolute atomic E-state index is 0.0750. The third-order valence-corrected chi connectivity index (χ3v) is 7.32. The Morgan fingerprint density at radius 3 is 2.59 bits per heavy atom. The molecule has 4 aromatic rings. The molecule has 2 aliphatic rings. The number of piperazine rings is 1. The van der Waals surface area contributed by atoms with Crippen LogP contribution in [0.5, 0.6) is 0 Å². The number of fused-ring (bicyclic) bond motifs is 4. The molecule has 0 radical (unpaired) electrons. The first kappa shape index (κ1) is 22.9. The van der Waals surface area contributed by atoms with Gasteiger partial charge in [-0.15, -0.1) is 0 Å². The van der Waals surface area contributed by atoms with Crippen LogP contribution in [0.3, 0.4) is 0 Å². The van der Waals surface area contributed by atoms with E-state index < -0.39 is 17.0 Å². The van der Waals surface area contributed by atoms with Crippen LogP contribution in [-0.4, -0.2) is 50.7 Å². The maximum atomic E-state index is 13.8. The Labute approximate surface area is 211 Å². The van der Waals surface area contributed by atoms with Gasteiger partial charge in [-0.1, -0.05) is 42.5 Å². The summed E-state index contributed by atoms with van der Waals surface area (Å²) < 4.78 is 13.3. The Balaban J connectivity index is 1.40. The van der Waals surface area contributed by atoms with Crippen molar-refractivity contribution in [3.05, 3.63) is 111 Å². The summed E-state index contributed by atoms with van der Waals surface area (Å²) >= 11 is 0. The smallest absolute Gasteiger partial charge is 0.269 e. The largest absolute Gasteiger partial charge is 0.356 e. The van der Waals surface area contributed by atoms with E-state index in [9.17, 15) is 24.1 Å². The van der Waals surface area contributed by atoms with Gasteiger partial charge < -0.3 is 14.8 Å². The summed E-state index contributed by atoms with van der Waals surface area (Å²) in [5, 5.41) is 12.5. The Bertz CT molecular complexity index is 1550. The minimum Gasteiger partial charge on any atom is -0.356 e. The quantitative estimate of drug-likeness (QED) is 0.330. The number of nitro groups is 1. The molecular formula is C28H23FN4O4. The predicted molar refractivity (Wildman–Crippen MR) is 134 cm³/mol. The van der Waals surface area contributed by atoms with Gasteiger partial charge in [0, 0.05) is 41.7 Å². The molecule has 9 heteroatoms. The number of benzene rings is 3. The van der Waals surface area contributed by atoms with Gasteiger partial charge in [0.2, 0.25) is 11.8 Å². The molecule has 0 aliphatic carbocycles. The van der Waals surface area contributed by atoms with Crippen LogP contribution in [0.1, 0.15) is 28.4 Å². The zero-order chi connectivity index (χ0) is 25.7. The van der Waals surface area contributed by atoms with Crippen LogP contribution in [0.2, 0.25) is 0 Å². The van der Waals surface area contributed by atoms with Gasteiger partial charge in [0.15, 0.2) is 0 Å². The van der Waals surface area contributed by atoms with Crippen molar-refractivity contribution in [1.82, 2.24) is 14.8 Å². The molecule has 37 heavy (non-hydrogen) atoms. The lowest BCUT2D eigenvalue weighted by atomic mass is 9.86. The number of nitro benzene ring substituents is 1. The summed E-state index contributed by atoms with van der Waals surface area (Å²) in [5.41, 5.74) is 3.98. The fourth-order valence-electron chi connectivity index (χ4n) is 5.58. The van der Waals surface area contributed by atoms with Crippen LogP contribution in [0.15, 0.2) is 72.8 Å². The average molecular weight is 499 g/mol. The summed E-state index contributed by atoms with van der Waals surface area (Å²) in [6.45, 7) is 0.250. The number of hydrogen-bond donors (Lipinski definition) is 1. The second kappa shape index (κ2) is 8.85. The van der Waals surface area contributed by atoms with Gasteiger partial charge in [-0.2, -0.15) is 0 Å². The molecule has 2 aliphatic heterocycles. The molecule has 3 aromatic carbocycles. The van der Waals surface area contributed by atoms with Crippen molar-refractivity contribution in [3.63, 3.8) is 0 Å². The standard InChI is InChI=1S/C28H23FN4O4/c29-19-10-8-17(9-11-19)12-13-31-16-25(34)32-24(28(31)35)15-22-21-6-1-2-7-23(21)30-26(22)27(32)18-4-3-5-20(14-18)33(36)37/h1-11,14,24,27,30H,12-13,15-16H2/t24-,27+/m1/s1. The first-order valence-electron chi connectivity index (χ1n) is 12.1. The number of amides is 2. The Morgan fingerprint density at radius 2 is 1.81 bits per heavy atom. The lowest BCUT2D eigenvalue weighted by molar-refractivity contribution is -0.384. The number of rotatable bonds is 5. The number of halogens is 1. The highest BCUT2D eigenvalue weighted by molar-refractivity contribution is 5.97. The minimum atomic E-state index is -0.731. The van der Waals surface area contributed by atoms with E-state index in [1.54, 1.807) is 34.1 Å². The van der Waals surface area contributed by atoms with Crippen LogP contribution < -0.4 is 0 Å². The highest BCUT2D eigenvalue weighted by Gasteiger charge is 2.48. The number of H-pyrrole nitrogens is 1. The van der Waals surface area contributed by atoms with Crippen molar-refractivity contribution < 1.29 is 18.9 Å². The fraction of sp³-hybridized carbons (Fsp3) is 0.214. The number of nitrogens with one attached hydrogen (secondary N) is 1. The van der Waals surface area contributed by atoms with E-state index in [2.05, 4.69) is 4.98 Å². The maximum Gasteiger partial charge on any atom is 0.269 e. The van der Waals surface area contributed by atoms with Crippen molar-refractivity contribution in [3.8, 4) is 0 Å². The number of aromatic amines is 1. The molecule has 1 fully saturated rings. The molecule has 6 rings (SSSR count). The third-order valence-electron chi connectivity index (χ3n) is 7.32.